The van der Waals surface area contributed by atoms with Crippen molar-refractivity contribution in [2.75, 3.05) is 59.4 Å². The van der Waals surface area contributed by atoms with Crippen LogP contribution in [0.1, 0.15) is 45.4 Å². The maximum Gasteiger partial charge on any atom is 0.0706 e. The van der Waals surface area contributed by atoms with E-state index in [1.165, 1.54) is 90.9 Å². The predicted octanol–water partition coefficient (Wildman–Crippen LogP) is 2.29. The number of ether oxygens (including phenoxy) is 1. The van der Waals surface area contributed by atoms with Crippen LogP contribution < -0.4 is 0 Å². The van der Waals surface area contributed by atoms with Crippen molar-refractivity contribution in [3.8, 4) is 0 Å². The lowest BCUT2D eigenvalue weighted by atomic mass is 9.96. The second kappa shape index (κ2) is 8.80. The molecule has 0 saturated carbocycles. The summed E-state index contributed by atoms with van der Waals surface area (Å²) in [7, 11) is 2.22. The normalized spacial score (nSPS) is 33.1. The highest BCUT2D eigenvalue weighted by atomic mass is 16.5. The summed E-state index contributed by atoms with van der Waals surface area (Å²) in [4.78, 5) is 7.76. The molecule has 0 spiro atoms. The van der Waals surface area contributed by atoms with E-state index in [0.717, 1.165) is 5.92 Å². The summed E-state index contributed by atoms with van der Waals surface area (Å²) in [5.74, 6) is 0.880. The minimum absolute atomic E-state index is 0.489. The van der Waals surface area contributed by atoms with Gasteiger partial charge in [-0.1, -0.05) is 6.92 Å². The average Bonchev–Trinajstić information content (AvgIpc) is 2.57. The molecule has 4 nitrogen and oxygen atoms in total. The maximum absolute atomic E-state index is 6.46. The second-order valence-corrected chi connectivity index (χ2v) is 8.06. The molecule has 3 aliphatic rings. The number of hydrogen-bond acceptors (Lipinski definition) is 4. The Morgan fingerprint density at radius 3 is 2.35 bits per heavy atom. The molecule has 0 N–H and O–H groups in total. The highest BCUT2D eigenvalue weighted by Crippen LogP contribution is 2.23. The van der Waals surface area contributed by atoms with E-state index in [4.69, 9.17) is 4.74 Å². The summed E-state index contributed by atoms with van der Waals surface area (Å²) in [6.45, 7) is 12.3. The first kappa shape index (κ1) is 17.7. The van der Waals surface area contributed by atoms with Crippen molar-refractivity contribution in [1.29, 1.82) is 0 Å². The zero-order valence-corrected chi connectivity index (χ0v) is 15.4. The van der Waals surface area contributed by atoms with Crippen LogP contribution in [0.2, 0.25) is 0 Å². The summed E-state index contributed by atoms with van der Waals surface area (Å²) in [5.41, 5.74) is 0. The van der Waals surface area contributed by atoms with Gasteiger partial charge in [-0.3, -0.25) is 0 Å². The number of likely N-dealkylation sites (tertiary alicyclic amines) is 3. The van der Waals surface area contributed by atoms with Crippen LogP contribution in [-0.4, -0.2) is 86.3 Å². The van der Waals surface area contributed by atoms with Crippen molar-refractivity contribution in [2.45, 2.75) is 57.7 Å². The van der Waals surface area contributed by atoms with Crippen LogP contribution in [0.3, 0.4) is 0 Å². The molecule has 134 valence electrons. The molecule has 0 aromatic heterocycles. The molecule has 3 saturated heterocycles. The fourth-order valence-electron chi connectivity index (χ4n) is 4.64. The first-order chi connectivity index (χ1) is 11.2. The van der Waals surface area contributed by atoms with Gasteiger partial charge in [0, 0.05) is 32.7 Å². The van der Waals surface area contributed by atoms with Gasteiger partial charge in [-0.05, 0) is 71.1 Å². The number of hydrogen-bond donors (Lipinski definition) is 0. The van der Waals surface area contributed by atoms with Crippen molar-refractivity contribution >= 4 is 0 Å². The molecule has 2 unspecified atom stereocenters. The largest absolute Gasteiger partial charge is 0.374 e. The molecule has 3 heterocycles. The van der Waals surface area contributed by atoms with Gasteiger partial charge in [0.2, 0.25) is 0 Å². The van der Waals surface area contributed by atoms with Crippen molar-refractivity contribution in [3.63, 3.8) is 0 Å². The molecule has 2 atom stereocenters. The van der Waals surface area contributed by atoms with Crippen molar-refractivity contribution in [2.24, 2.45) is 5.92 Å². The van der Waals surface area contributed by atoms with E-state index < -0.39 is 0 Å². The van der Waals surface area contributed by atoms with E-state index in [9.17, 15) is 0 Å². The lowest BCUT2D eigenvalue weighted by Crippen LogP contribution is -2.47. The van der Waals surface area contributed by atoms with Crippen LogP contribution >= 0.6 is 0 Å². The third kappa shape index (κ3) is 5.42. The molecular weight excluding hydrogens is 286 g/mol. The topological polar surface area (TPSA) is 19.0 Å². The van der Waals surface area contributed by atoms with Crippen LogP contribution in [-0.2, 0) is 4.74 Å². The van der Waals surface area contributed by atoms with Gasteiger partial charge in [-0.25, -0.2) is 0 Å². The minimum atomic E-state index is 0.489. The Morgan fingerprint density at radius 2 is 1.57 bits per heavy atom. The summed E-state index contributed by atoms with van der Waals surface area (Å²) in [6, 6.07) is 0. The zero-order valence-electron chi connectivity index (χ0n) is 15.4. The van der Waals surface area contributed by atoms with Crippen LogP contribution in [0, 0.1) is 5.92 Å². The fourth-order valence-corrected chi connectivity index (χ4v) is 4.64. The van der Waals surface area contributed by atoms with Gasteiger partial charge < -0.3 is 19.4 Å². The molecule has 3 aliphatic heterocycles. The van der Waals surface area contributed by atoms with E-state index in [1.807, 2.05) is 0 Å². The maximum atomic E-state index is 6.46. The molecule has 0 aromatic rings. The average molecular weight is 324 g/mol. The lowest BCUT2D eigenvalue weighted by Gasteiger charge is -2.40. The zero-order chi connectivity index (χ0) is 16.1. The molecule has 0 aliphatic carbocycles. The van der Waals surface area contributed by atoms with E-state index >= 15 is 0 Å². The Morgan fingerprint density at radius 1 is 0.826 bits per heavy atom. The summed E-state index contributed by atoms with van der Waals surface area (Å²) in [5, 5.41) is 0. The predicted molar refractivity (Wildman–Crippen MR) is 95.9 cm³/mol. The molecule has 3 fully saturated rings. The van der Waals surface area contributed by atoms with Gasteiger partial charge in [0.05, 0.1) is 12.2 Å². The van der Waals surface area contributed by atoms with Gasteiger partial charge in [-0.15, -0.1) is 0 Å². The summed E-state index contributed by atoms with van der Waals surface area (Å²) >= 11 is 0. The smallest absolute Gasteiger partial charge is 0.0706 e. The first-order valence-electron chi connectivity index (χ1n) is 10.0. The monoisotopic (exact) mass is 323 g/mol. The van der Waals surface area contributed by atoms with Crippen LogP contribution in [0.5, 0.6) is 0 Å². The quantitative estimate of drug-likeness (QED) is 0.773. The fraction of sp³-hybridized carbons (Fsp3) is 1.00. The van der Waals surface area contributed by atoms with Gasteiger partial charge >= 0.3 is 0 Å². The highest BCUT2D eigenvalue weighted by molar-refractivity contribution is 4.81. The Kier molecular flexibility index (Phi) is 6.75. The molecule has 0 radical (unpaired) electrons. The standard InChI is InChI=1S/C19H37N3O/c1-3-21-10-4-6-17(14-21)15-22-11-5-7-19(16-22)23-18-8-12-20(2)13-9-18/h17-19H,3-16H2,1-2H3. The number of nitrogens with zero attached hydrogens (tertiary/aromatic N) is 3. The van der Waals surface area contributed by atoms with Crippen molar-refractivity contribution < 1.29 is 4.74 Å². The van der Waals surface area contributed by atoms with E-state index in [-0.39, 0.29) is 0 Å². The van der Waals surface area contributed by atoms with Crippen LogP contribution in [0.4, 0.5) is 0 Å². The Labute approximate surface area is 143 Å². The molecular formula is C19H37N3O. The molecule has 0 aromatic carbocycles. The van der Waals surface area contributed by atoms with Gasteiger partial charge in [0.25, 0.3) is 0 Å². The third-order valence-electron chi connectivity index (χ3n) is 6.08. The summed E-state index contributed by atoms with van der Waals surface area (Å²) < 4.78 is 6.46. The molecule has 23 heavy (non-hydrogen) atoms. The van der Waals surface area contributed by atoms with E-state index in [2.05, 4.69) is 28.7 Å². The minimum Gasteiger partial charge on any atom is -0.374 e. The Balaban J connectivity index is 1.41. The van der Waals surface area contributed by atoms with Crippen LogP contribution in [0.15, 0.2) is 0 Å². The molecule has 3 rings (SSSR count). The molecule has 0 bridgehead atoms. The lowest BCUT2D eigenvalue weighted by molar-refractivity contribution is -0.0698. The van der Waals surface area contributed by atoms with E-state index in [1.54, 1.807) is 0 Å². The Bertz CT molecular complexity index is 344. The van der Waals surface area contributed by atoms with Gasteiger partial charge in [0.1, 0.15) is 0 Å². The Hall–Kier alpha value is -0.160. The number of piperidine rings is 3. The second-order valence-electron chi connectivity index (χ2n) is 8.06. The summed E-state index contributed by atoms with van der Waals surface area (Å²) in [6.07, 6.45) is 8.86. The first-order valence-corrected chi connectivity index (χ1v) is 10.0. The van der Waals surface area contributed by atoms with Crippen molar-refractivity contribution in [3.05, 3.63) is 0 Å². The highest BCUT2D eigenvalue weighted by Gasteiger charge is 2.28. The third-order valence-corrected chi connectivity index (χ3v) is 6.08. The SMILES string of the molecule is CCN1CCCC(CN2CCCC(OC3CCN(C)CC3)C2)C1. The van der Waals surface area contributed by atoms with Crippen molar-refractivity contribution in [1.82, 2.24) is 14.7 Å². The molecule has 4 heteroatoms. The molecule has 0 amide bonds. The van der Waals surface area contributed by atoms with Gasteiger partial charge in [-0.2, -0.15) is 0 Å². The van der Waals surface area contributed by atoms with Gasteiger partial charge in [0.15, 0.2) is 0 Å². The number of rotatable bonds is 5. The van der Waals surface area contributed by atoms with Crippen LogP contribution in [0.25, 0.3) is 0 Å². The van der Waals surface area contributed by atoms with E-state index in [0.29, 0.717) is 12.2 Å².